The molecule has 0 saturated carbocycles. The Kier molecular flexibility index (Phi) is 9.64. The van der Waals surface area contributed by atoms with Gasteiger partial charge in [0.15, 0.2) is 5.96 Å². The number of nitrogens with one attached hydrogen (secondary N) is 1. The number of hydrogen-bond acceptors (Lipinski definition) is 2. The van der Waals surface area contributed by atoms with Crippen LogP contribution < -0.4 is 10.1 Å². The molecule has 20 heavy (non-hydrogen) atoms. The van der Waals surface area contributed by atoms with Gasteiger partial charge in [0.25, 0.3) is 0 Å². The van der Waals surface area contributed by atoms with E-state index in [9.17, 15) is 0 Å². The van der Waals surface area contributed by atoms with E-state index in [2.05, 4.69) is 16.2 Å². The Morgan fingerprint density at radius 1 is 1.45 bits per heavy atom. The fraction of sp³-hybridized carbons (Fsp3) is 0.400. The molecule has 1 aromatic carbocycles. The molecule has 0 atom stereocenters. The molecule has 0 aliphatic rings. The van der Waals surface area contributed by atoms with Crippen molar-refractivity contribution in [1.29, 1.82) is 0 Å². The van der Waals surface area contributed by atoms with Crippen molar-refractivity contribution < 1.29 is 4.74 Å². The monoisotopic (exact) mass is 387 g/mol. The predicted octanol–water partition coefficient (Wildman–Crippen LogP) is 2.34. The molecule has 0 fully saturated rings. The molecule has 0 heterocycles. The molecule has 1 N–H and O–H groups in total. The van der Waals surface area contributed by atoms with Gasteiger partial charge in [-0.15, -0.1) is 30.4 Å². The molecule has 0 amide bonds. The van der Waals surface area contributed by atoms with Crippen LogP contribution in [0.2, 0.25) is 0 Å². The molecular weight excluding hydrogens is 365 g/mol. The third kappa shape index (κ3) is 5.70. The lowest BCUT2D eigenvalue weighted by Gasteiger charge is -2.22. The summed E-state index contributed by atoms with van der Waals surface area (Å²) in [6.45, 7) is 3.92. The summed E-state index contributed by atoms with van der Waals surface area (Å²) in [5.41, 5.74) is 1.11. The summed E-state index contributed by atoms with van der Waals surface area (Å²) in [6, 6.07) is 7.95. The molecule has 0 unspecified atom stereocenters. The minimum Gasteiger partial charge on any atom is -0.496 e. The lowest BCUT2D eigenvalue weighted by atomic mass is 10.2. The van der Waals surface area contributed by atoms with Gasteiger partial charge in [0.1, 0.15) is 12.3 Å². The zero-order valence-corrected chi connectivity index (χ0v) is 14.5. The molecule has 0 radical (unpaired) electrons. The second kappa shape index (κ2) is 10.4. The summed E-state index contributed by atoms with van der Waals surface area (Å²) in [5, 5.41) is 3.21. The standard InChI is InChI=1S/C15H21N3O.HI/c1-5-11-17-15(16-6-2)18(3)12-13-9-7-8-10-14(13)19-4;/h1,7-10H,6,11-12H2,2-4H3,(H,16,17);1H. The summed E-state index contributed by atoms with van der Waals surface area (Å²) in [4.78, 5) is 6.36. The Hall–Kier alpha value is -1.42. The molecule has 0 spiro atoms. The number of hydrogen-bond donors (Lipinski definition) is 1. The number of guanidine groups is 1. The van der Waals surface area contributed by atoms with Crippen molar-refractivity contribution in [3.8, 4) is 18.1 Å². The van der Waals surface area contributed by atoms with Crippen LogP contribution in [0.1, 0.15) is 12.5 Å². The average Bonchev–Trinajstić information content (AvgIpc) is 2.44. The highest BCUT2D eigenvalue weighted by atomic mass is 127. The number of nitrogens with zero attached hydrogens (tertiary/aromatic N) is 2. The summed E-state index contributed by atoms with van der Waals surface area (Å²) in [5.74, 6) is 4.19. The summed E-state index contributed by atoms with van der Waals surface area (Å²) < 4.78 is 5.35. The van der Waals surface area contributed by atoms with Gasteiger partial charge in [0, 0.05) is 25.7 Å². The number of halogens is 1. The van der Waals surface area contributed by atoms with E-state index in [0.29, 0.717) is 13.1 Å². The van der Waals surface area contributed by atoms with Crippen molar-refractivity contribution in [2.45, 2.75) is 13.5 Å². The molecule has 5 heteroatoms. The topological polar surface area (TPSA) is 36.9 Å². The first kappa shape index (κ1) is 18.6. The highest BCUT2D eigenvalue weighted by Gasteiger charge is 2.09. The summed E-state index contributed by atoms with van der Waals surface area (Å²) in [7, 11) is 3.65. The van der Waals surface area contributed by atoms with Crippen molar-refractivity contribution >= 4 is 29.9 Å². The molecule has 1 aromatic rings. The molecule has 1 rings (SSSR count). The molecule has 0 aliphatic carbocycles. The zero-order chi connectivity index (χ0) is 14.1. The molecule has 4 nitrogen and oxygen atoms in total. The molecule has 0 bridgehead atoms. The maximum Gasteiger partial charge on any atom is 0.194 e. The maximum atomic E-state index is 5.35. The first-order valence-electron chi connectivity index (χ1n) is 6.27. The van der Waals surface area contributed by atoms with Crippen molar-refractivity contribution in [3.63, 3.8) is 0 Å². The lowest BCUT2D eigenvalue weighted by molar-refractivity contribution is 0.396. The van der Waals surface area contributed by atoms with E-state index in [1.165, 1.54) is 0 Å². The van der Waals surface area contributed by atoms with Crippen molar-refractivity contribution in [2.24, 2.45) is 4.99 Å². The average molecular weight is 387 g/mol. The van der Waals surface area contributed by atoms with E-state index in [1.54, 1.807) is 7.11 Å². The second-order valence-electron chi connectivity index (χ2n) is 4.04. The Labute approximate surface area is 138 Å². The van der Waals surface area contributed by atoms with Gasteiger partial charge in [0.2, 0.25) is 0 Å². The van der Waals surface area contributed by atoms with Gasteiger partial charge in [-0.3, -0.25) is 0 Å². The fourth-order valence-electron chi connectivity index (χ4n) is 1.75. The van der Waals surface area contributed by atoms with Crippen LogP contribution in [0.5, 0.6) is 5.75 Å². The minimum absolute atomic E-state index is 0. The number of aliphatic imine (C=N–C) groups is 1. The number of rotatable bonds is 5. The SMILES string of the molecule is C#CCN=C(NCC)N(C)Cc1ccccc1OC.I. The Bertz CT molecular complexity index is 468. The van der Waals surface area contributed by atoms with Crippen LogP contribution in [0, 0.1) is 12.3 Å². The normalized spacial score (nSPS) is 10.2. The molecular formula is C15H22IN3O. The minimum atomic E-state index is 0. The highest BCUT2D eigenvalue weighted by molar-refractivity contribution is 14.0. The summed E-state index contributed by atoms with van der Waals surface area (Å²) in [6.07, 6.45) is 5.25. The van der Waals surface area contributed by atoms with Gasteiger partial charge in [-0.2, -0.15) is 0 Å². The molecule has 0 saturated heterocycles. The second-order valence-corrected chi connectivity index (χ2v) is 4.04. The van der Waals surface area contributed by atoms with Gasteiger partial charge in [0.05, 0.1) is 7.11 Å². The maximum absolute atomic E-state index is 5.35. The van der Waals surface area contributed by atoms with Crippen LogP contribution in [-0.2, 0) is 6.54 Å². The first-order valence-corrected chi connectivity index (χ1v) is 6.27. The van der Waals surface area contributed by atoms with Crippen LogP contribution in [0.3, 0.4) is 0 Å². The van der Waals surface area contributed by atoms with Gasteiger partial charge in [-0.05, 0) is 13.0 Å². The van der Waals surface area contributed by atoms with E-state index >= 15 is 0 Å². The quantitative estimate of drug-likeness (QED) is 0.365. The van der Waals surface area contributed by atoms with E-state index in [4.69, 9.17) is 11.2 Å². The smallest absolute Gasteiger partial charge is 0.194 e. The Morgan fingerprint density at radius 3 is 2.75 bits per heavy atom. The Balaban J connectivity index is 0.00000361. The van der Waals surface area contributed by atoms with E-state index in [-0.39, 0.29) is 24.0 Å². The van der Waals surface area contributed by atoms with Crippen molar-refractivity contribution in [1.82, 2.24) is 10.2 Å². The van der Waals surface area contributed by atoms with Gasteiger partial charge in [-0.1, -0.05) is 24.1 Å². The third-order valence-electron chi connectivity index (χ3n) is 2.62. The third-order valence-corrected chi connectivity index (χ3v) is 2.62. The number of ether oxygens (including phenoxy) is 1. The lowest BCUT2D eigenvalue weighted by Crippen LogP contribution is -2.38. The largest absolute Gasteiger partial charge is 0.496 e. The van der Waals surface area contributed by atoms with E-state index < -0.39 is 0 Å². The zero-order valence-electron chi connectivity index (χ0n) is 12.2. The predicted molar refractivity (Wildman–Crippen MR) is 94.7 cm³/mol. The van der Waals surface area contributed by atoms with Gasteiger partial charge < -0.3 is 15.0 Å². The highest BCUT2D eigenvalue weighted by Crippen LogP contribution is 2.18. The number of methoxy groups -OCH3 is 1. The van der Waals surface area contributed by atoms with E-state index in [0.717, 1.165) is 23.8 Å². The number of terminal acetylenes is 1. The van der Waals surface area contributed by atoms with Crippen LogP contribution in [0.4, 0.5) is 0 Å². The van der Waals surface area contributed by atoms with Gasteiger partial charge >= 0.3 is 0 Å². The van der Waals surface area contributed by atoms with Crippen molar-refractivity contribution in [3.05, 3.63) is 29.8 Å². The van der Waals surface area contributed by atoms with Crippen LogP contribution in [0.25, 0.3) is 0 Å². The molecule has 0 aromatic heterocycles. The summed E-state index contributed by atoms with van der Waals surface area (Å²) >= 11 is 0. The number of para-hydroxylation sites is 1. The van der Waals surface area contributed by atoms with E-state index in [1.807, 2.05) is 43.1 Å². The van der Waals surface area contributed by atoms with Crippen LogP contribution in [-0.4, -0.2) is 38.1 Å². The Morgan fingerprint density at radius 2 is 2.15 bits per heavy atom. The number of benzene rings is 1. The molecule has 0 aliphatic heterocycles. The van der Waals surface area contributed by atoms with Crippen LogP contribution in [0.15, 0.2) is 29.3 Å². The van der Waals surface area contributed by atoms with Crippen LogP contribution >= 0.6 is 24.0 Å². The van der Waals surface area contributed by atoms with Crippen molar-refractivity contribution in [2.75, 3.05) is 27.2 Å². The molecule has 110 valence electrons. The fourth-order valence-corrected chi connectivity index (χ4v) is 1.75. The van der Waals surface area contributed by atoms with Gasteiger partial charge in [-0.25, -0.2) is 4.99 Å². The first-order chi connectivity index (χ1) is 9.22.